The molecule has 16 heavy (non-hydrogen) atoms. The van der Waals surface area contributed by atoms with Crippen molar-refractivity contribution in [1.29, 1.82) is 0 Å². The molecule has 0 N–H and O–H groups in total. The zero-order valence-corrected chi connectivity index (χ0v) is 10.8. The van der Waals surface area contributed by atoms with E-state index in [1.165, 1.54) is 32.1 Å². The molecular weight excluding hydrogens is 196 g/mol. The lowest BCUT2D eigenvalue weighted by atomic mass is 9.94. The largest absolute Gasteiger partial charge is 0.381 e. The van der Waals surface area contributed by atoms with Gasteiger partial charge < -0.3 is 4.74 Å². The van der Waals surface area contributed by atoms with Crippen molar-refractivity contribution in [3.63, 3.8) is 0 Å². The summed E-state index contributed by atoms with van der Waals surface area (Å²) in [6.45, 7) is 6.54. The van der Waals surface area contributed by atoms with Crippen LogP contribution >= 0.6 is 0 Å². The minimum absolute atomic E-state index is 0.791. The maximum Gasteiger partial charge on any atom is 0.0500 e. The van der Waals surface area contributed by atoms with Crippen molar-refractivity contribution >= 4 is 0 Å². The first-order valence-electron chi connectivity index (χ1n) is 7.09. The first kappa shape index (κ1) is 12.2. The smallest absolute Gasteiger partial charge is 0.0500 e. The Balaban J connectivity index is 1.63. The molecule has 2 bridgehead atoms. The topological polar surface area (TPSA) is 9.23 Å². The Labute approximate surface area is 100 Å². The third kappa shape index (κ3) is 2.88. The molecule has 0 spiro atoms. The Hall–Kier alpha value is -0.300. The number of hydrogen-bond acceptors (Lipinski definition) is 1. The van der Waals surface area contributed by atoms with Gasteiger partial charge in [0.15, 0.2) is 0 Å². The van der Waals surface area contributed by atoms with Crippen LogP contribution in [0.4, 0.5) is 0 Å². The van der Waals surface area contributed by atoms with E-state index in [2.05, 4.69) is 26.0 Å². The molecule has 4 atom stereocenters. The highest BCUT2D eigenvalue weighted by molar-refractivity contribution is 5.09. The molecule has 1 fully saturated rings. The van der Waals surface area contributed by atoms with Crippen LogP contribution in [0.1, 0.15) is 46.0 Å². The Morgan fingerprint density at radius 2 is 2.12 bits per heavy atom. The quantitative estimate of drug-likeness (QED) is 0.591. The lowest BCUT2D eigenvalue weighted by Gasteiger charge is -2.20. The van der Waals surface area contributed by atoms with Crippen molar-refractivity contribution in [3.05, 3.63) is 12.2 Å². The Bertz CT molecular complexity index is 234. The molecule has 0 saturated heterocycles. The monoisotopic (exact) mass is 222 g/mol. The van der Waals surface area contributed by atoms with Crippen LogP contribution in [-0.4, -0.2) is 13.2 Å². The fourth-order valence-electron chi connectivity index (χ4n) is 3.29. The van der Waals surface area contributed by atoms with Crippen molar-refractivity contribution in [2.45, 2.75) is 46.0 Å². The summed E-state index contributed by atoms with van der Waals surface area (Å²) in [6.07, 6.45) is 11.5. The fourth-order valence-corrected chi connectivity index (χ4v) is 3.29. The molecule has 0 aliphatic heterocycles. The zero-order chi connectivity index (χ0) is 11.4. The van der Waals surface area contributed by atoms with Gasteiger partial charge in [-0.3, -0.25) is 0 Å². The molecule has 1 nitrogen and oxygen atoms in total. The van der Waals surface area contributed by atoms with E-state index in [0.717, 1.165) is 36.9 Å². The van der Waals surface area contributed by atoms with Gasteiger partial charge in [-0.05, 0) is 42.9 Å². The van der Waals surface area contributed by atoms with Crippen LogP contribution in [0.5, 0.6) is 0 Å². The molecule has 0 radical (unpaired) electrons. The van der Waals surface area contributed by atoms with Gasteiger partial charge in [-0.1, -0.05) is 38.8 Å². The molecular formula is C15H26O. The van der Waals surface area contributed by atoms with Gasteiger partial charge in [0.2, 0.25) is 0 Å². The van der Waals surface area contributed by atoms with E-state index in [-0.39, 0.29) is 0 Å². The van der Waals surface area contributed by atoms with Crippen molar-refractivity contribution in [3.8, 4) is 0 Å². The Morgan fingerprint density at radius 1 is 1.25 bits per heavy atom. The Morgan fingerprint density at radius 3 is 2.69 bits per heavy atom. The van der Waals surface area contributed by atoms with E-state index in [1.54, 1.807) is 0 Å². The van der Waals surface area contributed by atoms with Crippen LogP contribution in [0.25, 0.3) is 0 Å². The summed E-state index contributed by atoms with van der Waals surface area (Å²) in [6, 6.07) is 0. The van der Waals surface area contributed by atoms with Crippen molar-refractivity contribution in [2.24, 2.45) is 23.7 Å². The lowest BCUT2D eigenvalue weighted by Crippen LogP contribution is -2.17. The molecule has 0 amide bonds. The average Bonchev–Trinajstić information content (AvgIpc) is 2.89. The van der Waals surface area contributed by atoms with E-state index < -0.39 is 0 Å². The third-order valence-corrected chi connectivity index (χ3v) is 4.38. The third-order valence-electron chi connectivity index (χ3n) is 4.38. The van der Waals surface area contributed by atoms with Crippen LogP contribution in [0.15, 0.2) is 12.2 Å². The summed E-state index contributed by atoms with van der Waals surface area (Å²) in [5, 5.41) is 0. The highest BCUT2D eigenvalue weighted by atomic mass is 16.5. The zero-order valence-electron chi connectivity index (χ0n) is 10.8. The first-order valence-corrected chi connectivity index (χ1v) is 7.09. The van der Waals surface area contributed by atoms with E-state index in [0.29, 0.717) is 0 Å². The standard InChI is InChI=1S/C15H26O/c1-3-5-12(4-2)10-16-11-15-9-13-6-7-14(15)8-13/h6-7,12-15H,3-5,8-11H2,1-2H3. The fraction of sp³-hybridized carbons (Fsp3) is 0.867. The number of fused-ring (bicyclic) bond motifs is 2. The predicted octanol–water partition coefficient (Wildman–Crippen LogP) is 4.04. The van der Waals surface area contributed by atoms with E-state index in [9.17, 15) is 0 Å². The molecule has 1 saturated carbocycles. The molecule has 2 rings (SSSR count). The summed E-state index contributed by atoms with van der Waals surface area (Å²) < 4.78 is 5.94. The van der Waals surface area contributed by atoms with Gasteiger partial charge in [0.25, 0.3) is 0 Å². The second-order valence-corrected chi connectivity index (χ2v) is 5.64. The van der Waals surface area contributed by atoms with Gasteiger partial charge in [0, 0.05) is 13.2 Å². The molecule has 0 aromatic carbocycles. The van der Waals surface area contributed by atoms with Crippen molar-refractivity contribution in [1.82, 2.24) is 0 Å². The molecule has 2 aliphatic rings. The predicted molar refractivity (Wildman–Crippen MR) is 68.4 cm³/mol. The molecule has 4 unspecified atom stereocenters. The van der Waals surface area contributed by atoms with Gasteiger partial charge in [-0.2, -0.15) is 0 Å². The van der Waals surface area contributed by atoms with Crippen LogP contribution in [0.3, 0.4) is 0 Å². The van der Waals surface area contributed by atoms with E-state index in [4.69, 9.17) is 4.74 Å². The summed E-state index contributed by atoms with van der Waals surface area (Å²) in [5.41, 5.74) is 0. The Kier molecular flexibility index (Phi) is 4.45. The summed E-state index contributed by atoms with van der Waals surface area (Å²) in [7, 11) is 0. The van der Waals surface area contributed by atoms with Gasteiger partial charge in [-0.15, -0.1) is 0 Å². The average molecular weight is 222 g/mol. The van der Waals surface area contributed by atoms with E-state index in [1.807, 2.05) is 0 Å². The summed E-state index contributed by atoms with van der Waals surface area (Å²) in [4.78, 5) is 0. The SMILES string of the molecule is CCCC(CC)COCC1CC2C=CC1C2. The molecule has 0 aromatic heterocycles. The second kappa shape index (κ2) is 5.86. The number of ether oxygens (including phenoxy) is 1. The van der Waals surface area contributed by atoms with E-state index >= 15 is 0 Å². The van der Waals surface area contributed by atoms with Crippen LogP contribution in [0, 0.1) is 23.7 Å². The molecule has 0 aromatic rings. The summed E-state index contributed by atoms with van der Waals surface area (Å²) in [5.74, 6) is 3.35. The molecule has 2 aliphatic carbocycles. The maximum atomic E-state index is 5.94. The molecule has 0 heterocycles. The molecule has 1 heteroatoms. The van der Waals surface area contributed by atoms with Gasteiger partial charge in [-0.25, -0.2) is 0 Å². The minimum atomic E-state index is 0.791. The highest BCUT2D eigenvalue weighted by Crippen LogP contribution is 2.43. The van der Waals surface area contributed by atoms with Gasteiger partial charge >= 0.3 is 0 Å². The van der Waals surface area contributed by atoms with Crippen molar-refractivity contribution < 1.29 is 4.74 Å². The minimum Gasteiger partial charge on any atom is -0.381 e. The molecule has 92 valence electrons. The van der Waals surface area contributed by atoms with Gasteiger partial charge in [0.05, 0.1) is 0 Å². The van der Waals surface area contributed by atoms with Gasteiger partial charge in [0.1, 0.15) is 0 Å². The summed E-state index contributed by atoms with van der Waals surface area (Å²) >= 11 is 0. The number of allylic oxidation sites excluding steroid dienone is 2. The van der Waals surface area contributed by atoms with Crippen LogP contribution < -0.4 is 0 Å². The number of hydrogen-bond donors (Lipinski definition) is 0. The normalized spacial score (nSPS) is 33.5. The van der Waals surface area contributed by atoms with Crippen LogP contribution in [-0.2, 0) is 4.74 Å². The van der Waals surface area contributed by atoms with Crippen molar-refractivity contribution in [2.75, 3.05) is 13.2 Å². The highest BCUT2D eigenvalue weighted by Gasteiger charge is 2.35. The maximum absolute atomic E-state index is 5.94. The van der Waals surface area contributed by atoms with Crippen LogP contribution in [0.2, 0.25) is 0 Å². The number of rotatable bonds is 7. The first-order chi connectivity index (χ1) is 7.83. The lowest BCUT2D eigenvalue weighted by molar-refractivity contribution is 0.0608. The second-order valence-electron chi connectivity index (χ2n) is 5.64.